The van der Waals surface area contributed by atoms with Crippen molar-refractivity contribution in [3.8, 4) is 22.6 Å². The van der Waals surface area contributed by atoms with Gasteiger partial charge in [-0.15, -0.1) is 0 Å². The number of nitrogens with zero attached hydrogens (tertiary/aromatic N) is 2. The zero-order valence-electron chi connectivity index (χ0n) is 19.8. The van der Waals surface area contributed by atoms with Crippen LogP contribution in [0.25, 0.3) is 16.8 Å². The van der Waals surface area contributed by atoms with Crippen LogP contribution in [0.2, 0.25) is 0 Å². The maximum Gasteiger partial charge on any atom is 0.416 e. The van der Waals surface area contributed by atoms with E-state index in [0.29, 0.717) is 16.8 Å². The number of imidazole rings is 1. The number of nitrogens with one attached hydrogen (secondary N) is 2. The van der Waals surface area contributed by atoms with Crippen LogP contribution in [0.1, 0.15) is 23.7 Å². The molecule has 2 aromatic heterocycles. The van der Waals surface area contributed by atoms with E-state index in [9.17, 15) is 27.2 Å². The summed E-state index contributed by atoms with van der Waals surface area (Å²) >= 11 is 0. The number of benzene rings is 2. The summed E-state index contributed by atoms with van der Waals surface area (Å²) in [6, 6.07) is 8.80. The van der Waals surface area contributed by atoms with Crippen LogP contribution in [-0.2, 0) is 17.4 Å². The Bertz CT molecular complexity index is 1510. The fourth-order valence-corrected chi connectivity index (χ4v) is 3.70. The number of carbonyl (C=O) groups is 1. The number of hydrogen-bond donors (Lipinski definition) is 2. The molecule has 2 N–H and O–H groups in total. The van der Waals surface area contributed by atoms with E-state index in [1.165, 1.54) is 41.4 Å². The fraction of sp³-hybridized carbons (Fsp3) is 0.192. The van der Waals surface area contributed by atoms with Crippen LogP contribution in [0, 0.1) is 12.7 Å². The van der Waals surface area contributed by atoms with Crippen molar-refractivity contribution in [3.05, 3.63) is 94.2 Å². The molecule has 4 aromatic rings. The second-order valence-corrected chi connectivity index (χ2v) is 8.23. The normalized spacial score (nSPS) is 11.4. The van der Waals surface area contributed by atoms with Crippen molar-refractivity contribution in [2.24, 2.45) is 0 Å². The van der Waals surface area contributed by atoms with Crippen molar-refractivity contribution < 1.29 is 27.1 Å². The Balaban J connectivity index is 1.55. The van der Waals surface area contributed by atoms with Crippen molar-refractivity contribution in [1.82, 2.24) is 14.5 Å². The predicted octanol–water partition coefficient (Wildman–Crippen LogP) is 5.27. The highest BCUT2D eigenvalue weighted by Gasteiger charge is 2.31. The zero-order valence-corrected chi connectivity index (χ0v) is 19.8. The van der Waals surface area contributed by atoms with Crippen LogP contribution in [-0.4, -0.2) is 27.0 Å². The number of ether oxygens (including phenoxy) is 1. The third-order valence-electron chi connectivity index (χ3n) is 5.45. The van der Waals surface area contributed by atoms with Gasteiger partial charge >= 0.3 is 6.18 Å². The predicted molar refractivity (Wildman–Crippen MR) is 129 cm³/mol. The molecule has 0 saturated heterocycles. The van der Waals surface area contributed by atoms with Crippen LogP contribution in [0.3, 0.4) is 0 Å². The first-order chi connectivity index (χ1) is 17.5. The molecule has 0 spiro atoms. The second kappa shape index (κ2) is 10.3. The average Bonchev–Trinajstić information content (AvgIpc) is 3.27. The molecule has 4 rings (SSSR count). The number of alkyl halides is 3. The van der Waals surface area contributed by atoms with Gasteiger partial charge in [-0.25, -0.2) is 9.37 Å². The van der Waals surface area contributed by atoms with Gasteiger partial charge in [0.25, 0.3) is 5.56 Å². The molecule has 0 saturated carbocycles. The lowest BCUT2D eigenvalue weighted by Crippen LogP contribution is -2.16. The number of H-pyrrole nitrogens is 1. The Morgan fingerprint density at radius 1 is 1.14 bits per heavy atom. The summed E-state index contributed by atoms with van der Waals surface area (Å²) in [6.45, 7) is 3.70. The van der Waals surface area contributed by atoms with Crippen molar-refractivity contribution in [3.63, 3.8) is 0 Å². The number of amides is 1. The molecule has 2 aromatic carbocycles. The van der Waals surface area contributed by atoms with Gasteiger partial charge in [0, 0.05) is 29.3 Å². The minimum Gasteiger partial charge on any atom is -0.488 e. The van der Waals surface area contributed by atoms with Gasteiger partial charge in [-0.1, -0.05) is 12.1 Å². The number of halogens is 4. The van der Waals surface area contributed by atoms with Crippen molar-refractivity contribution in [2.45, 2.75) is 26.4 Å². The first-order valence-corrected chi connectivity index (χ1v) is 11.2. The lowest BCUT2D eigenvalue weighted by Gasteiger charge is -2.14. The Morgan fingerprint density at radius 2 is 1.92 bits per heavy atom. The molecule has 7 nitrogen and oxygen atoms in total. The van der Waals surface area contributed by atoms with Gasteiger partial charge < -0.3 is 19.6 Å². The number of aromatic amines is 1. The first kappa shape index (κ1) is 25.7. The quantitative estimate of drug-likeness (QED) is 0.329. The summed E-state index contributed by atoms with van der Waals surface area (Å²) in [4.78, 5) is 31.0. The highest BCUT2D eigenvalue weighted by Crippen LogP contribution is 2.33. The molecule has 1 amide bonds. The number of pyridine rings is 1. The highest BCUT2D eigenvalue weighted by molar-refractivity contribution is 5.92. The summed E-state index contributed by atoms with van der Waals surface area (Å²) in [5.41, 5.74) is 0.311. The Labute approximate surface area is 208 Å². The lowest BCUT2D eigenvalue weighted by atomic mass is 10.0. The van der Waals surface area contributed by atoms with Gasteiger partial charge in [-0.2, -0.15) is 13.2 Å². The molecule has 192 valence electrons. The SMILES string of the molecule is CCOc1cc(-c2ccc(CC(=O)Nc3cc(-n4cnc(C)c4)cc(C(F)(F)F)c3)c(F)c2)c[nH]c1=O. The van der Waals surface area contributed by atoms with E-state index in [0.717, 1.165) is 12.1 Å². The van der Waals surface area contributed by atoms with Gasteiger partial charge in [-0.3, -0.25) is 9.59 Å². The van der Waals surface area contributed by atoms with E-state index in [-0.39, 0.29) is 29.3 Å². The number of carbonyl (C=O) groups excluding carboxylic acids is 1. The Morgan fingerprint density at radius 3 is 2.57 bits per heavy atom. The average molecular weight is 514 g/mol. The van der Waals surface area contributed by atoms with Crippen molar-refractivity contribution >= 4 is 11.6 Å². The van der Waals surface area contributed by atoms with Gasteiger partial charge in [0.2, 0.25) is 5.91 Å². The number of aromatic nitrogens is 3. The molecule has 0 atom stereocenters. The molecule has 0 aliphatic heterocycles. The maximum atomic E-state index is 14.8. The van der Waals surface area contributed by atoms with Gasteiger partial charge in [0.05, 0.1) is 30.6 Å². The molecular weight excluding hydrogens is 492 g/mol. The minimum absolute atomic E-state index is 0.0492. The standard InChI is InChI=1S/C26H22F4N4O3/c1-3-37-23-7-18(12-31-25(23)36)16-4-5-17(22(27)6-16)8-24(35)33-20-9-19(26(28,29)30)10-21(11-20)34-13-15(2)32-14-34/h4-7,9-14H,3,8H2,1-2H3,(H,31,36)(H,33,35). The molecule has 0 bridgehead atoms. The number of aryl methyl sites for hydroxylation is 1. The molecule has 2 heterocycles. The van der Waals surface area contributed by atoms with E-state index in [4.69, 9.17) is 4.74 Å². The molecule has 0 aliphatic rings. The summed E-state index contributed by atoms with van der Waals surface area (Å²) in [5.74, 6) is -1.29. The molecule has 0 fully saturated rings. The minimum atomic E-state index is -4.64. The lowest BCUT2D eigenvalue weighted by molar-refractivity contribution is -0.137. The van der Waals surface area contributed by atoms with Gasteiger partial charge in [0.15, 0.2) is 5.75 Å². The Hall–Kier alpha value is -4.41. The third-order valence-corrected chi connectivity index (χ3v) is 5.45. The largest absolute Gasteiger partial charge is 0.488 e. The molecule has 0 radical (unpaired) electrons. The number of rotatable bonds is 7. The molecule has 0 unspecified atom stereocenters. The molecular formula is C26H22F4N4O3. The molecule has 11 heteroatoms. The summed E-state index contributed by atoms with van der Waals surface area (Å²) in [6.07, 6.45) is -0.710. The Kier molecular flexibility index (Phi) is 7.14. The first-order valence-electron chi connectivity index (χ1n) is 11.2. The van der Waals surface area contributed by atoms with Crippen molar-refractivity contribution in [2.75, 3.05) is 11.9 Å². The van der Waals surface area contributed by atoms with Crippen LogP contribution >= 0.6 is 0 Å². The van der Waals surface area contributed by atoms with Gasteiger partial charge in [0.1, 0.15) is 5.82 Å². The number of anilines is 1. The van der Waals surface area contributed by atoms with Gasteiger partial charge in [-0.05, 0) is 55.3 Å². The summed E-state index contributed by atoms with van der Waals surface area (Å²) in [5, 5.41) is 2.43. The monoisotopic (exact) mass is 514 g/mol. The van der Waals surface area contributed by atoms with E-state index in [1.54, 1.807) is 26.1 Å². The van der Waals surface area contributed by atoms with Crippen LogP contribution in [0.15, 0.2) is 66.0 Å². The van der Waals surface area contributed by atoms with Crippen LogP contribution in [0.4, 0.5) is 23.2 Å². The van der Waals surface area contributed by atoms with E-state index >= 15 is 0 Å². The summed E-state index contributed by atoms with van der Waals surface area (Å²) in [7, 11) is 0. The van der Waals surface area contributed by atoms with E-state index < -0.39 is 35.4 Å². The van der Waals surface area contributed by atoms with Crippen molar-refractivity contribution in [1.29, 1.82) is 0 Å². The number of hydrogen-bond acceptors (Lipinski definition) is 4. The van der Waals surface area contributed by atoms with E-state index in [1.807, 2.05) is 0 Å². The highest BCUT2D eigenvalue weighted by atomic mass is 19.4. The smallest absolute Gasteiger partial charge is 0.416 e. The summed E-state index contributed by atoms with van der Waals surface area (Å²) < 4.78 is 61.9. The topological polar surface area (TPSA) is 89.0 Å². The van der Waals surface area contributed by atoms with E-state index in [2.05, 4.69) is 15.3 Å². The fourth-order valence-electron chi connectivity index (χ4n) is 3.70. The van der Waals surface area contributed by atoms with Crippen LogP contribution in [0.5, 0.6) is 5.75 Å². The van der Waals surface area contributed by atoms with Crippen LogP contribution < -0.4 is 15.6 Å². The third kappa shape index (κ3) is 6.05. The molecule has 0 aliphatic carbocycles. The zero-order chi connectivity index (χ0) is 26.7. The maximum absolute atomic E-state index is 14.8. The molecule has 37 heavy (non-hydrogen) atoms. The second-order valence-electron chi connectivity index (χ2n) is 8.23.